The minimum absolute atomic E-state index is 0.113. The average Bonchev–Trinajstić information content (AvgIpc) is 3.00. The Hall–Kier alpha value is -0.850. The highest BCUT2D eigenvalue weighted by Crippen LogP contribution is 2.37. The summed E-state index contributed by atoms with van der Waals surface area (Å²) in [6.45, 7) is 0.490. The number of hydrogen-bond acceptors (Lipinski definition) is 3. The van der Waals surface area contributed by atoms with E-state index in [1.165, 1.54) is 17.1 Å². The summed E-state index contributed by atoms with van der Waals surface area (Å²) in [5.74, 6) is 0.493. The van der Waals surface area contributed by atoms with Gasteiger partial charge >= 0.3 is 0 Å². The van der Waals surface area contributed by atoms with Gasteiger partial charge in [0.1, 0.15) is 4.90 Å². The highest BCUT2D eigenvalue weighted by Gasteiger charge is 2.30. The molecule has 2 aliphatic rings. The van der Waals surface area contributed by atoms with Gasteiger partial charge < -0.3 is 9.67 Å². The van der Waals surface area contributed by atoms with E-state index < -0.39 is 10.0 Å². The topological polar surface area (TPSA) is 62.5 Å². The number of hydrogen-bond donors (Lipinski definition) is 1. The van der Waals surface area contributed by atoms with Crippen molar-refractivity contribution in [2.45, 2.75) is 56.1 Å². The van der Waals surface area contributed by atoms with Gasteiger partial charge in [-0.25, -0.2) is 12.7 Å². The van der Waals surface area contributed by atoms with E-state index >= 15 is 0 Å². The van der Waals surface area contributed by atoms with Crippen LogP contribution in [0.5, 0.6) is 0 Å². The molecule has 1 aromatic rings. The first-order valence-corrected chi connectivity index (χ1v) is 9.24. The van der Waals surface area contributed by atoms with Gasteiger partial charge in [-0.05, 0) is 37.7 Å². The molecule has 0 atom stereocenters. The zero-order valence-corrected chi connectivity index (χ0v) is 13.3. The summed E-state index contributed by atoms with van der Waals surface area (Å²) in [7, 11) is -1.78. The number of rotatable bonds is 6. The average molecular weight is 312 g/mol. The third kappa shape index (κ3) is 3.03. The Kier molecular flexibility index (Phi) is 4.12. The molecule has 2 aliphatic carbocycles. The Labute approximate surface area is 126 Å². The van der Waals surface area contributed by atoms with E-state index in [2.05, 4.69) is 0 Å². The van der Waals surface area contributed by atoms with Crippen molar-refractivity contribution in [1.82, 2.24) is 8.87 Å². The molecule has 1 aromatic heterocycles. The summed E-state index contributed by atoms with van der Waals surface area (Å²) in [6.07, 6.45) is 8.52. The lowest BCUT2D eigenvalue weighted by molar-refractivity contribution is 0.270. The van der Waals surface area contributed by atoms with Gasteiger partial charge in [-0.2, -0.15) is 0 Å². The third-order valence-corrected chi connectivity index (χ3v) is 6.50. The Bertz CT molecular complexity index is 598. The van der Waals surface area contributed by atoms with Crippen LogP contribution in [0.15, 0.2) is 17.2 Å². The first-order valence-electron chi connectivity index (χ1n) is 7.80. The molecule has 0 saturated heterocycles. The predicted octanol–water partition coefficient (Wildman–Crippen LogP) is 2.13. The van der Waals surface area contributed by atoms with E-state index in [-0.39, 0.29) is 6.61 Å². The van der Waals surface area contributed by atoms with Crippen molar-refractivity contribution in [3.8, 4) is 0 Å². The molecule has 1 heterocycles. The lowest BCUT2D eigenvalue weighted by Crippen LogP contribution is -2.31. The maximum absolute atomic E-state index is 12.7. The quantitative estimate of drug-likeness (QED) is 0.875. The van der Waals surface area contributed by atoms with Crippen molar-refractivity contribution in [2.24, 2.45) is 5.92 Å². The number of aliphatic hydroxyl groups excluding tert-OH is 1. The van der Waals surface area contributed by atoms with Gasteiger partial charge in [0.2, 0.25) is 10.0 Å². The predicted molar refractivity (Wildman–Crippen MR) is 80.4 cm³/mol. The number of aliphatic hydroxyl groups is 1. The molecule has 2 fully saturated rings. The molecule has 3 rings (SSSR count). The summed E-state index contributed by atoms with van der Waals surface area (Å²) in [6, 6.07) is 2.00. The van der Waals surface area contributed by atoms with Gasteiger partial charge in [0.05, 0.1) is 6.61 Å². The maximum atomic E-state index is 12.7. The molecule has 21 heavy (non-hydrogen) atoms. The van der Waals surface area contributed by atoms with E-state index in [1.807, 2.05) is 4.57 Å². The zero-order chi connectivity index (χ0) is 15.0. The first-order chi connectivity index (χ1) is 10.0. The van der Waals surface area contributed by atoms with Gasteiger partial charge in [-0.3, -0.25) is 0 Å². The second kappa shape index (κ2) is 5.74. The largest absolute Gasteiger partial charge is 0.390 e. The molecule has 2 saturated carbocycles. The molecular formula is C15H24N2O3S. The van der Waals surface area contributed by atoms with Crippen molar-refractivity contribution in [3.05, 3.63) is 18.0 Å². The van der Waals surface area contributed by atoms with Crippen LogP contribution in [0.25, 0.3) is 0 Å². The molecule has 0 spiro atoms. The molecule has 1 N–H and O–H groups in total. The molecule has 0 aromatic carbocycles. The normalized spacial score (nSPS) is 20.5. The van der Waals surface area contributed by atoms with Crippen molar-refractivity contribution in [3.63, 3.8) is 0 Å². The van der Waals surface area contributed by atoms with Crippen molar-refractivity contribution < 1.29 is 13.5 Å². The SMILES string of the molecule is CN(CC1CCCC1)S(=O)(=O)c1cc(CO)n(C2CC2)c1. The Balaban J connectivity index is 1.79. The van der Waals surface area contributed by atoms with Crippen LogP contribution >= 0.6 is 0 Å². The van der Waals surface area contributed by atoms with Crippen LogP contribution in [0, 0.1) is 5.92 Å². The Morgan fingerprint density at radius 3 is 2.52 bits per heavy atom. The molecule has 0 radical (unpaired) electrons. The van der Waals surface area contributed by atoms with E-state index in [0.29, 0.717) is 29.1 Å². The minimum atomic E-state index is -3.44. The number of nitrogens with zero attached hydrogens (tertiary/aromatic N) is 2. The highest BCUT2D eigenvalue weighted by molar-refractivity contribution is 7.89. The van der Waals surface area contributed by atoms with Gasteiger partial charge in [-0.15, -0.1) is 0 Å². The molecule has 6 heteroatoms. The smallest absolute Gasteiger partial charge is 0.244 e. The Morgan fingerprint density at radius 1 is 1.29 bits per heavy atom. The summed E-state index contributed by atoms with van der Waals surface area (Å²) in [5.41, 5.74) is 0.699. The summed E-state index contributed by atoms with van der Waals surface area (Å²) in [4.78, 5) is 0.318. The summed E-state index contributed by atoms with van der Waals surface area (Å²) < 4.78 is 28.8. The van der Waals surface area contributed by atoms with Crippen LogP contribution in [-0.2, 0) is 16.6 Å². The van der Waals surface area contributed by atoms with Gasteiger partial charge in [-0.1, -0.05) is 12.8 Å². The maximum Gasteiger partial charge on any atom is 0.244 e. The lowest BCUT2D eigenvalue weighted by Gasteiger charge is -2.20. The van der Waals surface area contributed by atoms with Gasteiger partial charge in [0.15, 0.2) is 0 Å². The summed E-state index contributed by atoms with van der Waals surface area (Å²) in [5, 5.41) is 9.41. The molecule has 0 bridgehead atoms. The van der Waals surface area contributed by atoms with E-state index in [4.69, 9.17) is 0 Å². The zero-order valence-electron chi connectivity index (χ0n) is 12.5. The lowest BCUT2D eigenvalue weighted by atomic mass is 10.1. The molecule has 0 unspecified atom stereocenters. The van der Waals surface area contributed by atoms with Crippen molar-refractivity contribution in [2.75, 3.05) is 13.6 Å². The number of aromatic nitrogens is 1. The van der Waals surface area contributed by atoms with Crippen molar-refractivity contribution in [1.29, 1.82) is 0 Å². The summed E-state index contributed by atoms with van der Waals surface area (Å²) >= 11 is 0. The van der Waals surface area contributed by atoms with Crippen LogP contribution in [0.3, 0.4) is 0 Å². The van der Waals surface area contributed by atoms with E-state index in [0.717, 1.165) is 25.7 Å². The molecule has 0 amide bonds. The minimum Gasteiger partial charge on any atom is -0.390 e. The second-order valence-corrected chi connectivity index (χ2v) is 8.44. The fraction of sp³-hybridized carbons (Fsp3) is 0.733. The second-order valence-electron chi connectivity index (χ2n) is 6.40. The standard InChI is InChI=1S/C15H24N2O3S/c1-16(9-12-4-2-3-5-12)21(19,20)15-8-14(11-18)17(10-15)13-6-7-13/h8,10,12-13,18H,2-7,9,11H2,1H3. The fourth-order valence-corrected chi connectivity index (χ4v) is 4.59. The Morgan fingerprint density at radius 2 is 1.95 bits per heavy atom. The van der Waals surface area contributed by atoms with Crippen molar-refractivity contribution >= 4 is 10.0 Å². The molecule has 0 aliphatic heterocycles. The number of sulfonamides is 1. The van der Waals surface area contributed by atoms with Crippen LogP contribution in [0.1, 0.15) is 50.3 Å². The van der Waals surface area contributed by atoms with Crippen LogP contribution in [0.4, 0.5) is 0 Å². The molecule has 5 nitrogen and oxygen atoms in total. The molecular weight excluding hydrogens is 288 g/mol. The van der Waals surface area contributed by atoms with Gasteiger partial charge in [0, 0.05) is 31.5 Å². The first kappa shape index (κ1) is 15.1. The van der Waals surface area contributed by atoms with E-state index in [9.17, 15) is 13.5 Å². The van der Waals surface area contributed by atoms with Crippen LogP contribution in [-0.4, -0.2) is 36.0 Å². The molecule has 118 valence electrons. The third-order valence-electron chi connectivity index (χ3n) is 4.71. The monoisotopic (exact) mass is 312 g/mol. The van der Waals surface area contributed by atoms with Crippen LogP contribution < -0.4 is 0 Å². The highest BCUT2D eigenvalue weighted by atomic mass is 32.2. The van der Waals surface area contributed by atoms with Crippen LogP contribution in [0.2, 0.25) is 0 Å². The van der Waals surface area contributed by atoms with E-state index in [1.54, 1.807) is 19.3 Å². The van der Waals surface area contributed by atoms with Gasteiger partial charge in [0.25, 0.3) is 0 Å². The fourth-order valence-electron chi connectivity index (χ4n) is 3.29.